The molecule has 0 spiro atoms. The van der Waals surface area contributed by atoms with Gasteiger partial charge in [0.25, 0.3) is 0 Å². The van der Waals surface area contributed by atoms with E-state index in [0.717, 1.165) is 17.0 Å². The molecule has 1 aromatic heterocycles. The number of aliphatic hydroxyl groups excluding tert-OH is 1. The van der Waals surface area contributed by atoms with Crippen molar-refractivity contribution in [1.29, 1.82) is 0 Å². The summed E-state index contributed by atoms with van der Waals surface area (Å²) in [6, 6.07) is 11.9. The second kappa shape index (κ2) is 6.98. The van der Waals surface area contributed by atoms with Crippen molar-refractivity contribution in [3.63, 3.8) is 0 Å². The maximum absolute atomic E-state index is 9.25. The molecular formula is C15H20N4O. The third kappa shape index (κ3) is 3.76. The summed E-state index contributed by atoms with van der Waals surface area (Å²) in [6.07, 6.45) is 0. The van der Waals surface area contributed by atoms with Crippen LogP contribution in [0.2, 0.25) is 0 Å². The Morgan fingerprint density at radius 3 is 2.60 bits per heavy atom. The van der Waals surface area contributed by atoms with Crippen LogP contribution in [-0.2, 0) is 13.1 Å². The monoisotopic (exact) mass is 272 g/mol. The summed E-state index contributed by atoms with van der Waals surface area (Å²) >= 11 is 0. The van der Waals surface area contributed by atoms with Gasteiger partial charge in [-0.3, -0.25) is 0 Å². The number of nitrogens with zero attached hydrogens (tertiary/aromatic N) is 3. The highest BCUT2D eigenvalue weighted by molar-refractivity contribution is 5.34. The van der Waals surface area contributed by atoms with Gasteiger partial charge in [-0.1, -0.05) is 30.3 Å². The molecule has 0 atom stereocenters. The molecule has 106 valence electrons. The molecule has 0 bridgehead atoms. The quantitative estimate of drug-likeness (QED) is 0.827. The van der Waals surface area contributed by atoms with Gasteiger partial charge in [-0.25, -0.2) is 9.97 Å². The van der Waals surface area contributed by atoms with E-state index >= 15 is 0 Å². The molecule has 1 heterocycles. The van der Waals surface area contributed by atoms with Gasteiger partial charge >= 0.3 is 0 Å². The van der Waals surface area contributed by atoms with Crippen molar-refractivity contribution in [3.05, 3.63) is 53.3 Å². The molecule has 0 saturated carbocycles. The summed E-state index contributed by atoms with van der Waals surface area (Å²) in [5.74, 6) is 0.614. The van der Waals surface area contributed by atoms with Crippen molar-refractivity contribution in [2.75, 3.05) is 18.1 Å². The standard InChI is InChI=1S/C15H20N4O/c1-12-9-14(10-16)18-15(17-12)19(7-8-20)11-13-5-3-2-4-6-13/h2-6,9,20H,7-8,10-11,16H2,1H3. The lowest BCUT2D eigenvalue weighted by atomic mass is 10.2. The molecule has 2 rings (SSSR count). The van der Waals surface area contributed by atoms with Gasteiger partial charge in [-0.15, -0.1) is 0 Å². The Morgan fingerprint density at radius 2 is 1.95 bits per heavy atom. The van der Waals surface area contributed by atoms with E-state index in [9.17, 15) is 5.11 Å². The van der Waals surface area contributed by atoms with Crippen LogP contribution >= 0.6 is 0 Å². The van der Waals surface area contributed by atoms with Gasteiger partial charge in [0.15, 0.2) is 0 Å². The van der Waals surface area contributed by atoms with Crippen molar-refractivity contribution >= 4 is 5.95 Å². The number of nitrogens with two attached hydrogens (primary N) is 1. The fourth-order valence-corrected chi connectivity index (χ4v) is 2.04. The van der Waals surface area contributed by atoms with Crippen LogP contribution in [0.5, 0.6) is 0 Å². The molecule has 0 amide bonds. The molecule has 0 aliphatic rings. The first kappa shape index (κ1) is 14.4. The third-order valence-electron chi connectivity index (χ3n) is 2.97. The zero-order valence-corrected chi connectivity index (χ0v) is 11.7. The predicted molar refractivity (Wildman–Crippen MR) is 79.2 cm³/mol. The number of rotatable bonds is 6. The Kier molecular flexibility index (Phi) is 5.03. The van der Waals surface area contributed by atoms with Crippen molar-refractivity contribution in [3.8, 4) is 0 Å². The molecule has 0 saturated heterocycles. The maximum Gasteiger partial charge on any atom is 0.226 e. The number of hydrogen-bond donors (Lipinski definition) is 2. The Bertz CT molecular complexity index is 545. The van der Waals surface area contributed by atoms with Crippen molar-refractivity contribution in [2.45, 2.75) is 20.0 Å². The zero-order chi connectivity index (χ0) is 14.4. The molecule has 5 nitrogen and oxygen atoms in total. The minimum absolute atomic E-state index is 0.0576. The van der Waals surface area contributed by atoms with Crippen molar-refractivity contribution in [2.24, 2.45) is 5.73 Å². The Balaban J connectivity index is 2.26. The first-order valence-corrected chi connectivity index (χ1v) is 6.67. The summed E-state index contributed by atoms with van der Waals surface area (Å²) in [6.45, 7) is 3.51. The van der Waals surface area contributed by atoms with E-state index in [1.807, 2.05) is 48.2 Å². The highest BCUT2D eigenvalue weighted by atomic mass is 16.3. The molecule has 20 heavy (non-hydrogen) atoms. The van der Waals surface area contributed by atoms with Crippen LogP contribution in [0.3, 0.4) is 0 Å². The first-order valence-electron chi connectivity index (χ1n) is 6.67. The van der Waals surface area contributed by atoms with Gasteiger partial charge in [0.05, 0.1) is 12.3 Å². The minimum atomic E-state index is 0.0576. The summed E-state index contributed by atoms with van der Waals surface area (Å²) in [5.41, 5.74) is 8.50. The fourth-order valence-electron chi connectivity index (χ4n) is 2.04. The SMILES string of the molecule is Cc1cc(CN)nc(N(CCO)Cc2ccccc2)n1. The molecule has 5 heteroatoms. The molecule has 2 aromatic rings. The van der Waals surface area contributed by atoms with E-state index in [4.69, 9.17) is 5.73 Å². The molecule has 3 N–H and O–H groups in total. The normalized spacial score (nSPS) is 10.6. The molecule has 0 unspecified atom stereocenters. The summed E-state index contributed by atoms with van der Waals surface area (Å²) < 4.78 is 0. The van der Waals surface area contributed by atoms with Gasteiger partial charge in [-0.2, -0.15) is 0 Å². The van der Waals surface area contributed by atoms with Crippen LogP contribution in [-0.4, -0.2) is 28.2 Å². The highest BCUT2D eigenvalue weighted by Crippen LogP contribution is 2.13. The average Bonchev–Trinajstić information content (AvgIpc) is 2.47. The molecule has 0 aliphatic heterocycles. The number of hydrogen-bond acceptors (Lipinski definition) is 5. The van der Waals surface area contributed by atoms with Crippen LogP contribution in [0, 0.1) is 6.92 Å². The van der Waals surface area contributed by atoms with Crippen LogP contribution in [0.25, 0.3) is 0 Å². The molecule has 0 aliphatic carbocycles. The van der Waals surface area contributed by atoms with Crippen LogP contribution in [0.1, 0.15) is 17.0 Å². The van der Waals surface area contributed by atoms with Gasteiger partial charge in [0.1, 0.15) is 0 Å². The number of aryl methyl sites for hydroxylation is 1. The van der Waals surface area contributed by atoms with Crippen LogP contribution < -0.4 is 10.6 Å². The highest BCUT2D eigenvalue weighted by Gasteiger charge is 2.11. The zero-order valence-electron chi connectivity index (χ0n) is 11.7. The molecular weight excluding hydrogens is 252 g/mol. The van der Waals surface area contributed by atoms with E-state index in [0.29, 0.717) is 25.6 Å². The van der Waals surface area contributed by atoms with Crippen LogP contribution in [0.4, 0.5) is 5.95 Å². The predicted octanol–water partition coefficient (Wildman–Crippen LogP) is 1.24. The Labute approximate surface area is 119 Å². The van der Waals surface area contributed by atoms with E-state index in [2.05, 4.69) is 9.97 Å². The number of aliphatic hydroxyl groups is 1. The van der Waals surface area contributed by atoms with Gasteiger partial charge in [0, 0.05) is 25.3 Å². The molecule has 0 radical (unpaired) electrons. The number of anilines is 1. The van der Waals surface area contributed by atoms with Crippen LogP contribution in [0.15, 0.2) is 36.4 Å². The lowest BCUT2D eigenvalue weighted by Crippen LogP contribution is -2.28. The second-order valence-electron chi connectivity index (χ2n) is 4.64. The van der Waals surface area contributed by atoms with E-state index in [1.165, 1.54) is 0 Å². The number of benzene rings is 1. The van der Waals surface area contributed by atoms with E-state index in [1.54, 1.807) is 0 Å². The van der Waals surface area contributed by atoms with E-state index < -0.39 is 0 Å². The fraction of sp³-hybridized carbons (Fsp3) is 0.333. The molecule has 0 fully saturated rings. The topological polar surface area (TPSA) is 75.3 Å². The van der Waals surface area contributed by atoms with Gasteiger partial charge < -0.3 is 15.7 Å². The smallest absolute Gasteiger partial charge is 0.226 e. The maximum atomic E-state index is 9.25. The lowest BCUT2D eigenvalue weighted by Gasteiger charge is -2.22. The summed E-state index contributed by atoms with van der Waals surface area (Å²) in [5, 5.41) is 9.25. The Hall–Kier alpha value is -1.98. The van der Waals surface area contributed by atoms with Gasteiger partial charge in [-0.05, 0) is 18.6 Å². The first-order chi connectivity index (χ1) is 9.72. The largest absolute Gasteiger partial charge is 0.395 e. The Morgan fingerprint density at radius 1 is 1.20 bits per heavy atom. The van der Waals surface area contributed by atoms with Gasteiger partial charge in [0.2, 0.25) is 5.95 Å². The van der Waals surface area contributed by atoms with Crippen molar-refractivity contribution in [1.82, 2.24) is 9.97 Å². The summed E-state index contributed by atoms with van der Waals surface area (Å²) in [7, 11) is 0. The van der Waals surface area contributed by atoms with Crippen molar-refractivity contribution < 1.29 is 5.11 Å². The second-order valence-corrected chi connectivity index (χ2v) is 4.64. The summed E-state index contributed by atoms with van der Waals surface area (Å²) in [4.78, 5) is 10.9. The molecule has 1 aromatic carbocycles. The third-order valence-corrected chi connectivity index (χ3v) is 2.97. The average molecular weight is 272 g/mol. The number of aromatic nitrogens is 2. The minimum Gasteiger partial charge on any atom is -0.395 e. The lowest BCUT2D eigenvalue weighted by molar-refractivity contribution is 0.300. The van der Waals surface area contributed by atoms with E-state index in [-0.39, 0.29) is 6.61 Å².